The predicted molar refractivity (Wildman–Crippen MR) is 77.5 cm³/mol. The molecule has 3 aromatic rings. The highest BCUT2D eigenvalue weighted by atomic mass is 15.2. The van der Waals surface area contributed by atoms with Crippen molar-refractivity contribution in [3.05, 3.63) is 48.3 Å². The molecule has 0 bridgehead atoms. The average Bonchev–Trinajstić information content (AvgIpc) is 2.75. The third-order valence-corrected chi connectivity index (χ3v) is 3.16. The summed E-state index contributed by atoms with van der Waals surface area (Å²) < 4.78 is 2.10. The van der Waals surface area contributed by atoms with Crippen molar-refractivity contribution in [3.8, 4) is 11.3 Å². The first-order chi connectivity index (χ1) is 9.18. The van der Waals surface area contributed by atoms with E-state index < -0.39 is 0 Å². The molecule has 0 saturated carbocycles. The normalized spacial score (nSPS) is 10.9. The van der Waals surface area contributed by atoms with Crippen molar-refractivity contribution in [2.45, 2.75) is 6.92 Å². The summed E-state index contributed by atoms with van der Waals surface area (Å²) in [7, 11) is 4.05. The molecule has 0 radical (unpaired) electrons. The van der Waals surface area contributed by atoms with Crippen LogP contribution in [0.15, 0.2) is 42.6 Å². The zero-order valence-corrected chi connectivity index (χ0v) is 11.3. The van der Waals surface area contributed by atoms with E-state index in [9.17, 15) is 0 Å². The van der Waals surface area contributed by atoms with Gasteiger partial charge in [0.15, 0.2) is 0 Å². The lowest BCUT2D eigenvalue weighted by Gasteiger charge is -2.15. The van der Waals surface area contributed by atoms with E-state index in [4.69, 9.17) is 0 Å². The highest BCUT2D eigenvalue weighted by Gasteiger charge is 2.14. The molecule has 0 amide bonds. The van der Waals surface area contributed by atoms with Crippen molar-refractivity contribution in [3.63, 3.8) is 0 Å². The second kappa shape index (κ2) is 4.39. The molecule has 0 unspecified atom stereocenters. The maximum absolute atomic E-state index is 4.53. The highest BCUT2D eigenvalue weighted by molar-refractivity contribution is 5.67. The number of fused-ring (bicyclic) bond motifs is 1. The van der Waals surface area contributed by atoms with Gasteiger partial charge in [0.25, 0.3) is 0 Å². The number of imidazole rings is 1. The fourth-order valence-corrected chi connectivity index (χ4v) is 2.42. The molecule has 0 spiro atoms. The van der Waals surface area contributed by atoms with E-state index in [-0.39, 0.29) is 0 Å². The minimum atomic E-state index is 0.738. The summed E-state index contributed by atoms with van der Waals surface area (Å²) in [5.74, 6) is 1.81. The maximum Gasteiger partial charge on any atom is 0.236 e. The molecule has 4 nitrogen and oxygen atoms in total. The van der Waals surface area contributed by atoms with Crippen molar-refractivity contribution in [2.24, 2.45) is 0 Å². The molecule has 96 valence electrons. The number of aromatic nitrogens is 3. The summed E-state index contributed by atoms with van der Waals surface area (Å²) in [4.78, 5) is 11.0. The number of hydrogen-bond acceptors (Lipinski definition) is 3. The smallest absolute Gasteiger partial charge is 0.236 e. The Labute approximate surface area is 112 Å². The molecule has 0 N–H and O–H groups in total. The Morgan fingerprint density at radius 1 is 1.05 bits per heavy atom. The molecule has 0 aliphatic carbocycles. The monoisotopic (exact) mass is 252 g/mol. The van der Waals surface area contributed by atoms with Gasteiger partial charge in [0.05, 0.1) is 11.4 Å². The summed E-state index contributed by atoms with van der Waals surface area (Å²) in [6.07, 6.45) is 1.81. The van der Waals surface area contributed by atoms with Crippen LogP contribution >= 0.6 is 0 Å². The van der Waals surface area contributed by atoms with Gasteiger partial charge in [0.1, 0.15) is 5.82 Å². The fraction of sp³-hybridized carbons (Fsp3) is 0.200. The first kappa shape index (κ1) is 11.7. The Morgan fingerprint density at radius 3 is 2.47 bits per heavy atom. The Bertz CT molecular complexity index is 714. The van der Waals surface area contributed by atoms with Gasteiger partial charge in [0.2, 0.25) is 5.78 Å². The maximum atomic E-state index is 4.53. The molecule has 4 heteroatoms. The standard InChI is InChI=1S/C15H16N4/c1-11-14(18(2)3)19-13(9-10-16-15(19)17-11)12-7-5-4-6-8-12/h4-10H,1-3H3. The molecular weight excluding hydrogens is 236 g/mol. The lowest BCUT2D eigenvalue weighted by molar-refractivity contribution is 1.02. The zero-order valence-electron chi connectivity index (χ0n) is 11.3. The number of hydrogen-bond donors (Lipinski definition) is 0. The first-order valence-corrected chi connectivity index (χ1v) is 6.25. The summed E-state index contributed by atoms with van der Waals surface area (Å²) in [5.41, 5.74) is 3.26. The molecule has 3 rings (SSSR count). The van der Waals surface area contributed by atoms with Gasteiger partial charge in [-0.05, 0) is 18.6 Å². The minimum Gasteiger partial charge on any atom is -0.362 e. The molecule has 2 aromatic heterocycles. The highest BCUT2D eigenvalue weighted by Crippen LogP contribution is 2.26. The van der Waals surface area contributed by atoms with Gasteiger partial charge in [-0.2, -0.15) is 0 Å². The fourth-order valence-electron chi connectivity index (χ4n) is 2.42. The molecule has 2 heterocycles. The van der Waals surface area contributed by atoms with Crippen molar-refractivity contribution in [1.29, 1.82) is 0 Å². The van der Waals surface area contributed by atoms with Gasteiger partial charge in [-0.1, -0.05) is 30.3 Å². The largest absolute Gasteiger partial charge is 0.362 e. The van der Waals surface area contributed by atoms with E-state index in [0.717, 1.165) is 28.5 Å². The van der Waals surface area contributed by atoms with Crippen molar-refractivity contribution < 1.29 is 0 Å². The van der Waals surface area contributed by atoms with Gasteiger partial charge < -0.3 is 4.90 Å². The van der Waals surface area contributed by atoms with Gasteiger partial charge in [0, 0.05) is 20.3 Å². The minimum absolute atomic E-state index is 0.738. The van der Waals surface area contributed by atoms with Crippen LogP contribution in [0.3, 0.4) is 0 Å². The molecule has 1 aromatic carbocycles. The van der Waals surface area contributed by atoms with Crippen molar-refractivity contribution in [2.75, 3.05) is 19.0 Å². The predicted octanol–water partition coefficient (Wildman–Crippen LogP) is 2.77. The Kier molecular flexibility index (Phi) is 2.71. The van der Waals surface area contributed by atoms with Crippen LogP contribution in [0.2, 0.25) is 0 Å². The van der Waals surface area contributed by atoms with E-state index in [1.54, 1.807) is 0 Å². The second-order valence-corrected chi connectivity index (χ2v) is 4.75. The van der Waals surface area contributed by atoms with E-state index >= 15 is 0 Å². The summed E-state index contributed by atoms with van der Waals surface area (Å²) in [6.45, 7) is 2.01. The summed E-state index contributed by atoms with van der Waals surface area (Å²) >= 11 is 0. The van der Waals surface area contributed by atoms with Crippen LogP contribution < -0.4 is 4.90 Å². The van der Waals surface area contributed by atoms with Crippen LogP contribution in [-0.2, 0) is 0 Å². The number of nitrogens with zero attached hydrogens (tertiary/aromatic N) is 4. The van der Waals surface area contributed by atoms with Crippen LogP contribution in [0.1, 0.15) is 5.69 Å². The van der Waals surface area contributed by atoms with Gasteiger partial charge >= 0.3 is 0 Å². The van der Waals surface area contributed by atoms with Crippen LogP contribution in [0.25, 0.3) is 17.0 Å². The number of rotatable bonds is 2. The molecular formula is C15H16N4. The average molecular weight is 252 g/mol. The first-order valence-electron chi connectivity index (χ1n) is 6.25. The number of aryl methyl sites for hydroxylation is 1. The lowest BCUT2D eigenvalue weighted by Crippen LogP contribution is -2.13. The zero-order chi connectivity index (χ0) is 13.4. The van der Waals surface area contributed by atoms with Crippen LogP contribution in [0, 0.1) is 6.92 Å². The van der Waals surface area contributed by atoms with Crippen molar-refractivity contribution in [1.82, 2.24) is 14.4 Å². The quantitative estimate of drug-likeness (QED) is 0.703. The lowest BCUT2D eigenvalue weighted by atomic mass is 10.1. The Balaban J connectivity index is 2.37. The van der Waals surface area contributed by atoms with E-state index in [1.807, 2.05) is 51.5 Å². The molecule has 0 fully saturated rings. The second-order valence-electron chi connectivity index (χ2n) is 4.75. The van der Waals surface area contributed by atoms with Crippen LogP contribution in [0.4, 0.5) is 5.82 Å². The third-order valence-electron chi connectivity index (χ3n) is 3.16. The van der Waals surface area contributed by atoms with Crippen LogP contribution in [-0.4, -0.2) is 28.5 Å². The van der Waals surface area contributed by atoms with E-state index in [2.05, 4.69) is 31.4 Å². The van der Waals surface area contributed by atoms with Gasteiger partial charge in [-0.15, -0.1) is 0 Å². The number of benzene rings is 1. The molecule has 0 aliphatic rings. The SMILES string of the molecule is Cc1nc2nccc(-c3ccccc3)n2c1N(C)C. The summed E-state index contributed by atoms with van der Waals surface area (Å²) in [6, 6.07) is 12.3. The van der Waals surface area contributed by atoms with Crippen LogP contribution in [0.5, 0.6) is 0 Å². The Morgan fingerprint density at radius 2 is 1.79 bits per heavy atom. The topological polar surface area (TPSA) is 33.4 Å². The molecule has 0 saturated heterocycles. The number of anilines is 1. The molecule has 0 aliphatic heterocycles. The van der Waals surface area contributed by atoms with E-state index in [1.165, 1.54) is 0 Å². The van der Waals surface area contributed by atoms with Gasteiger partial charge in [-0.3, -0.25) is 4.40 Å². The third kappa shape index (κ3) is 1.85. The van der Waals surface area contributed by atoms with E-state index in [0.29, 0.717) is 0 Å². The van der Waals surface area contributed by atoms with Crippen molar-refractivity contribution >= 4 is 11.6 Å². The summed E-state index contributed by atoms with van der Waals surface area (Å²) in [5, 5.41) is 0. The molecule has 0 atom stereocenters. The van der Waals surface area contributed by atoms with Gasteiger partial charge in [-0.25, -0.2) is 9.97 Å². The Hall–Kier alpha value is -2.36. The molecule has 19 heavy (non-hydrogen) atoms.